The van der Waals surface area contributed by atoms with E-state index in [1.54, 1.807) is 0 Å². The molecule has 0 aliphatic heterocycles. The quantitative estimate of drug-likeness (QED) is 0.407. The zero-order valence-electron chi connectivity index (χ0n) is 17.8. The number of aryl methyl sites for hydroxylation is 3. The molecule has 1 atom stereocenters. The zero-order chi connectivity index (χ0) is 21.4. The number of hydrogen-bond donors (Lipinski definition) is 0. The highest BCUT2D eigenvalue weighted by Gasteiger charge is 2.23. The predicted molar refractivity (Wildman–Crippen MR) is 122 cm³/mol. The lowest BCUT2D eigenvalue weighted by molar-refractivity contribution is 0.275. The van der Waals surface area contributed by atoms with Crippen LogP contribution in [0.2, 0.25) is 0 Å². The van der Waals surface area contributed by atoms with Crippen LogP contribution in [0.5, 0.6) is 0 Å². The Morgan fingerprint density at radius 2 is 1.19 bits per heavy atom. The SMILES string of the molecule is Cc1cc(C)n([C@@H](n2ccc(-c3ccccc3)n2)n2nc(-c3ccccc3)cc2C)n1. The number of benzene rings is 2. The summed E-state index contributed by atoms with van der Waals surface area (Å²) >= 11 is 0. The molecule has 6 nitrogen and oxygen atoms in total. The molecule has 0 saturated heterocycles. The Hall–Kier alpha value is -3.93. The highest BCUT2D eigenvalue weighted by Crippen LogP contribution is 2.25. The normalized spacial score (nSPS) is 12.2. The molecule has 0 bridgehead atoms. The molecule has 0 amide bonds. The molecule has 0 aliphatic rings. The second-order valence-electron chi connectivity index (χ2n) is 7.75. The fraction of sp³-hybridized carbons (Fsp3) is 0.160. The lowest BCUT2D eigenvalue weighted by Crippen LogP contribution is -2.30. The molecule has 0 unspecified atom stereocenters. The van der Waals surface area contributed by atoms with Crippen molar-refractivity contribution in [1.82, 2.24) is 29.3 Å². The maximum Gasteiger partial charge on any atom is 0.238 e. The van der Waals surface area contributed by atoms with Gasteiger partial charge in [-0.25, -0.2) is 14.0 Å². The van der Waals surface area contributed by atoms with Crippen molar-refractivity contribution in [2.45, 2.75) is 27.1 Å². The van der Waals surface area contributed by atoms with Gasteiger partial charge in [0.05, 0.1) is 17.1 Å². The summed E-state index contributed by atoms with van der Waals surface area (Å²) < 4.78 is 5.89. The van der Waals surface area contributed by atoms with Crippen LogP contribution < -0.4 is 0 Å². The van der Waals surface area contributed by atoms with Gasteiger partial charge in [0.25, 0.3) is 0 Å². The maximum absolute atomic E-state index is 4.96. The average molecular weight is 409 g/mol. The van der Waals surface area contributed by atoms with E-state index >= 15 is 0 Å². The van der Waals surface area contributed by atoms with E-state index in [1.807, 2.05) is 69.6 Å². The Morgan fingerprint density at radius 1 is 0.613 bits per heavy atom. The molecular formula is C25H24N6. The summed E-state index contributed by atoms with van der Waals surface area (Å²) in [5.74, 6) is 0. The van der Waals surface area contributed by atoms with Crippen LogP contribution in [0.15, 0.2) is 85.1 Å². The van der Waals surface area contributed by atoms with E-state index in [1.165, 1.54) is 0 Å². The van der Waals surface area contributed by atoms with Crippen LogP contribution in [0, 0.1) is 20.8 Å². The van der Waals surface area contributed by atoms with Gasteiger partial charge in [-0.1, -0.05) is 60.7 Å². The summed E-state index contributed by atoms with van der Waals surface area (Å²) in [4.78, 5) is 0. The fourth-order valence-electron chi connectivity index (χ4n) is 3.91. The molecular weight excluding hydrogens is 384 g/mol. The molecule has 5 aromatic rings. The molecule has 6 heteroatoms. The van der Waals surface area contributed by atoms with Crippen molar-refractivity contribution in [2.24, 2.45) is 0 Å². The molecule has 5 rings (SSSR count). The van der Waals surface area contributed by atoms with Gasteiger partial charge in [0.1, 0.15) is 0 Å². The van der Waals surface area contributed by atoms with Gasteiger partial charge < -0.3 is 0 Å². The van der Waals surface area contributed by atoms with Gasteiger partial charge in [0.2, 0.25) is 6.29 Å². The van der Waals surface area contributed by atoms with Crippen LogP contribution in [-0.2, 0) is 0 Å². The molecule has 154 valence electrons. The van der Waals surface area contributed by atoms with Crippen molar-refractivity contribution >= 4 is 0 Å². The van der Waals surface area contributed by atoms with E-state index in [9.17, 15) is 0 Å². The highest BCUT2D eigenvalue weighted by atomic mass is 15.6. The molecule has 31 heavy (non-hydrogen) atoms. The largest absolute Gasteiger partial charge is 0.238 e. The number of aromatic nitrogens is 6. The lowest BCUT2D eigenvalue weighted by Gasteiger charge is -2.21. The van der Waals surface area contributed by atoms with Crippen molar-refractivity contribution in [3.63, 3.8) is 0 Å². The Balaban J connectivity index is 1.64. The van der Waals surface area contributed by atoms with Gasteiger partial charge in [-0.2, -0.15) is 15.3 Å². The summed E-state index contributed by atoms with van der Waals surface area (Å²) in [6, 6.07) is 26.6. The zero-order valence-corrected chi connectivity index (χ0v) is 17.8. The van der Waals surface area contributed by atoms with Crippen LogP contribution in [0.4, 0.5) is 0 Å². The molecule has 0 spiro atoms. The van der Waals surface area contributed by atoms with Gasteiger partial charge in [-0.3, -0.25) is 0 Å². The van der Waals surface area contributed by atoms with Crippen LogP contribution in [0.25, 0.3) is 22.5 Å². The number of nitrogens with zero attached hydrogens (tertiary/aromatic N) is 6. The van der Waals surface area contributed by atoms with Gasteiger partial charge in [0, 0.05) is 28.7 Å². The summed E-state index contributed by atoms with van der Waals surface area (Å²) in [6.07, 6.45) is 1.65. The first kappa shape index (κ1) is 19.1. The van der Waals surface area contributed by atoms with Crippen LogP contribution in [0.3, 0.4) is 0 Å². The molecule has 0 radical (unpaired) electrons. The molecule has 0 saturated carbocycles. The van der Waals surface area contributed by atoms with Crippen LogP contribution >= 0.6 is 0 Å². The Bertz CT molecular complexity index is 1310. The maximum atomic E-state index is 4.96. The van der Waals surface area contributed by atoms with Gasteiger partial charge in [0.15, 0.2) is 0 Å². The fourth-order valence-corrected chi connectivity index (χ4v) is 3.91. The van der Waals surface area contributed by atoms with E-state index in [2.05, 4.69) is 50.2 Å². The van der Waals surface area contributed by atoms with E-state index < -0.39 is 0 Å². The first-order chi connectivity index (χ1) is 15.1. The third-order valence-electron chi connectivity index (χ3n) is 5.39. The second kappa shape index (κ2) is 7.72. The second-order valence-corrected chi connectivity index (χ2v) is 7.75. The van der Waals surface area contributed by atoms with Gasteiger partial charge in [-0.05, 0) is 39.0 Å². The summed E-state index contributed by atoms with van der Waals surface area (Å²) in [5.41, 5.74) is 7.06. The van der Waals surface area contributed by atoms with E-state index in [4.69, 9.17) is 15.3 Å². The van der Waals surface area contributed by atoms with Crippen molar-refractivity contribution < 1.29 is 0 Å². The Morgan fingerprint density at radius 3 is 1.81 bits per heavy atom. The smallest absolute Gasteiger partial charge is 0.227 e. The minimum Gasteiger partial charge on any atom is -0.227 e. The van der Waals surface area contributed by atoms with Crippen molar-refractivity contribution in [3.05, 3.63) is 102 Å². The van der Waals surface area contributed by atoms with Crippen molar-refractivity contribution in [1.29, 1.82) is 0 Å². The first-order valence-corrected chi connectivity index (χ1v) is 10.3. The Labute approximate surface area is 181 Å². The van der Waals surface area contributed by atoms with Crippen LogP contribution in [0.1, 0.15) is 23.4 Å². The summed E-state index contributed by atoms with van der Waals surface area (Å²) in [6.45, 7) is 6.13. The third-order valence-corrected chi connectivity index (χ3v) is 5.39. The molecule has 2 aromatic carbocycles. The molecule has 3 heterocycles. The Kier molecular flexibility index (Phi) is 4.75. The minimum atomic E-state index is -0.344. The monoisotopic (exact) mass is 408 g/mol. The minimum absolute atomic E-state index is 0.344. The topological polar surface area (TPSA) is 53.5 Å². The van der Waals surface area contributed by atoms with E-state index in [0.717, 1.165) is 39.6 Å². The summed E-state index contributed by atoms with van der Waals surface area (Å²) in [5, 5.41) is 14.6. The molecule has 0 fully saturated rings. The third kappa shape index (κ3) is 3.57. The van der Waals surface area contributed by atoms with Crippen LogP contribution in [-0.4, -0.2) is 29.3 Å². The van der Waals surface area contributed by atoms with Gasteiger partial charge in [-0.15, -0.1) is 0 Å². The molecule has 3 aromatic heterocycles. The van der Waals surface area contributed by atoms with E-state index in [0.29, 0.717) is 0 Å². The summed E-state index contributed by atoms with van der Waals surface area (Å²) in [7, 11) is 0. The number of hydrogen-bond acceptors (Lipinski definition) is 3. The standard InChI is InChI=1S/C25H24N6/c1-18-16-19(2)30(26-18)25(29-15-14-23(27-29)21-10-6-4-7-11-21)31-20(3)17-24(28-31)22-12-8-5-9-13-22/h4-17,25H,1-3H3/t25-/m1/s1. The van der Waals surface area contributed by atoms with Crippen molar-refractivity contribution in [2.75, 3.05) is 0 Å². The number of rotatable bonds is 5. The highest BCUT2D eigenvalue weighted by molar-refractivity contribution is 5.59. The first-order valence-electron chi connectivity index (χ1n) is 10.3. The van der Waals surface area contributed by atoms with Gasteiger partial charge >= 0.3 is 0 Å². The predicted octanol–water partition coefficient (Wildman–Crippen LogP) is 5.09. The lowest BCUT2D eigenvalue weighted by atomic mass is 10.1. The van der Waals surface area contributed by atoms with E-state index in [-0.39, 0.29) is 6.29 Å². The average Bonchev–Trinajstić information content (AvgIpc) is 3.50. The van der Waals surface area contributed by atoms with Crippen molar-refractivity contribution in [3.8, 4) is 22.5 Å². The molecule has 0 aliphatic carbocycles. The molecule has 0 N–H and O–H groups in total.